The van der Waals surface area contributed by atoms with Crippen LogP contribution in [0.3, 0.4) is 0 Å². The summed E-state index contributed by atoms with van der Waals surface area (Å²) in [7, 11) is 0. The molecule has 2 rings (SSSR count). The van der Waals surface area contributed by atoms with E-state index in [1.54, 1.807) is 0 Å². The molecule has 2 heteroatoms. The van der Waals surface area contributed by atoms with Crippen LogP contribution in [0.4, 0.5) is 0 Å². The van der Waals surface area contributed by atoms with E-state index in [1.165, 1.54) is 10.8 Å². The molecule has 12 heavy (non-hydrogen) atoms. The number of pyridine rings is 1. The van der Waals surface area contributed by atoms with Crippen molar-refractivity contribution in [3.63, 3.8) is 0 Å². The van der Waals surface area contributed by atoms with E-state index in [2.05, 4.69) is 11.1 Å². The zero-order valence-corrected chi connectivity index (χ0v) is 9.75. The minimum absolute atomic E-state index is 0. The van der Waals surface area contributed by atoms with E-state index in [1.807, 2.05) is 37.4 Å². The molecule has 0 aliphatic rings. The number of benzene rings is 1. The van der Waals surface area contributed by atoms with Gasteiger partial charge in [-0.2, -0.15) is 24.3 Å². The van der Waals surface area contributed by atoms with E-state index in [9.17, 15) is 0 Å². The number of hydrogen-bond donors (Lipinski definition) is 0. The monoisotopic (exact) mass is 231 g/mol. The molecule has 0 bridgehead atoms. The van der Waals surface area contributed by atoms with E-state index >= 15 is 0 Å². The van der Waals surface area contributed by atoms with Gasteiger partial charge in [-0.05, 0) is 12.6 Å². The summed E-state index contributed by atoms with van der Waals surface area (Å²) in [6.07, 6.45) is 1.83. The Morgan fingerprint density at radius 3 is 2.92 bits per heavy atom. The van der Waals surface area contributed by atoms with Crippen molar-refractivity contribution >= 4 is 10.8 Å². The second kappa shape index (κ2) is 4.11. The minimum Gasteiger partial charge on any atom is -0.274 e. The number of rotatable bonds is 0. The molecular weight excluding hydrogens is 223 g/mol. The van der Waals surface area contributed by atoms with Gasteiger partial charge in [0.2, 0.25) is 0 Å². The molecule has 1 nitrogen and oxygen atoms in total. The number of aryl methyl sites for hydroxylation is 1. The van der Waals surface area contributed by atoms with Gasteiger partial charge in [-0.25, -0.2) is 0 Å². The van der Waals surface area contributed by atoms with Gasteiger partial charge < -0.3 is 0 Å². The smallest absolute Gasteiger partial charge is 0.0243 e. The molecule has 0 aliphatic heterocycles. The molecule has 2 aromatic rings. The zero-order valence-electron chi connectivity index (χ0n) is 6.91. The second-order valence-electron chi connectivity index (χ2n) is 2.54. The van der Waals surface area contributed by atoms with Crippen LogP contribution in [-0.4, -0.2) is 4.98 Å². The SMILES string of the molecule is Cc1nccc2cc[c-]cc12.[Y]. The third kappa shape index (κ3) is 1.73. The summed E-state index contributed by atoms with van der Waals surface area (Å²) < 4.78 is 0. The van der Waals surface area contributed by atoms with Crippen molar-refractivity contribution < 1.29 is 32.7 Å². The van der Waals surface area contributed by atoms with Crippen molar-refractivity contribution in [2.75, 3.05) is 0 Å². The normalized spacial score (nSPS) is 9.42. The van der Waals surface area contributed by atoms with Crippen molar-refractivity contribution in [3.05, 3.63) is 42.2 Å². The Hall–Kier alpha value is -0.266. The maximum Gasteiger partial charge on any atom is 0.0243 e. The molecule has 0 fully saturated rings. The fourth-order valence-electron chi connectivity index (χ4n) is 1.20. The average molecular weight is 231 g/mol. The first-order valence-corrected chi connectivity index (χ1v) is 3.59. The van der Waals surface area contributed by atoms with Crippen LogP contribution in [-0.2, 0) is 32.7 Å². The average Bonchev–Trinajstić information content (AvgIpc) is 2.06. The summed E-state index contributed by atoms with van der Waals surface area (Å²) in [6.45, 7) is 2.01. The van der Waals surface area contributed by atoms with Crippen molar-refractivity contribution in [2.24, 2.45) is 0 Å². The van der Waals surface area contributed by atoms with Crippen molar-refractivity contribution in [1.82, 2.24) is 4.98 Å². The standard InChI is InChI=1S/C10H8N.Y/c1-8-10-5-3-2-4-9(10)6-7-11-8;/h2,4-7H,1H3;/q-1;. The van der Waals surface area contributed by atoms with Crippen molar-refractivity contribution in [2.45, 2.75) is 6.92 Å². The zero-order chi connectivity index (χ0) is 7.68. The summed E-state index contributed by atoms with van der Waals surface area (Å²) in [6, 6.07) is 11.0. The largest absolute Gasteiger partial charge is 0.274 e. The van der Waals surface area contributed by atoms with Crippen molar-refractivity contribution in [1.29, 1.82) is 0 Å². The molecule has 0 saturated carbocycles. The van der Waals surface area contributed by atoms with Gasteiger partial charge >= 0.3 is 0 Å². The predicted octanol–water partition coefficient (Wildman–Crippen LogP) is 2.34. The van der Waals surface area contributed by atoms with Crippen LogP contribution in [0.2, 0.25) is 0 Å². The van der Waals surface area contributed by atoms with Gasteiger partial charge in [-0.15, -0.1) is 10.8 Å². The number of hydrogen-bond acceptors (Lipinski definition) is 1. The van der Waals surface area contributed by atoms with Crippen LogP contribution in [0.5, 0.6) is 0 Å². The molecule has 0 N–H and O–H groups in total. The second-order valence-corrected chi connectivity index (χ2v) is 2.54. The Kier molecular flexibility index (Phi) is 3.36. The van der Waals surface area contributed by atoms with Crippen molar-refractivity contribution in [3.8, 4) is 0 Å². The molecule has 0 saturated heterocycles. The topological polar surface area (TPSA) is 12.9 Å². The van der Waals surface area contributed by atoms with Crippen LogP contribution in [0.1, 0.15) is 5.69 Å². The molecule has 1 aromatic heterocycles. The van der Waals surface area contributed by atoms with E-state index < -0.39 is 0 Å². The fraction of sp³-hybridized carbons (Fsp3) is 0.100. The Bertz CT molecular complexity index is 379. The molecule has 1 radical (unpaired) electrons. The van der Waals surface area contributed by atoms with E-state index in [0.29, 0.717) is 0 Å². The quantitative estimate of drug-likeness (QED) is 0.634. The van der Waals surface area contributed by atoms with Crippen LogP contribution in [0.15, 0.2) is 30.5 Å². The summed E-state index contributed by atoms with van der Waals surface area (Å²) in [5.74, 6) is 0. The predicted molar refractivity (Wildman–Crippen MR) is 45.3 cm³/mol. The molecule has 0 spiro atoms. The maximum atomic E-state index is 4.19. The first kappa shape index (κ1) is 9.82. The summed E-state index contributed by atoms with van der Waals surface area (Å²) in [5.41, 5.74) is 1.07. The molecule has 1 aromatic carbocycles. The first-order chi connectivity index (χ1) is 5.38. The molecule has 57 valence electrons. The van der Waals surface area contributed by atoms with Crippen LogP contribution in [0, 0.1) is 13.0 Å². The van der Waals surface area contributed by atoms with Gasteiger partial charge in [0, 0.05) is 38.9 Å². The number of aromatic nitrogens is 1. The fourth-order valence-corrected chi connectivity index (χ4v) is 1.20. The Morgan fingerprint density at radius 2 is 2.17 bits per heavy atom. The van der Waals surface area contributed by atoms with Gasteiger partial charge in [-0.1, -0.05) is 6.07 Å². The Morgan fingerprint density at radius 1 is 1.33 bits per heavy atom. The maximum absolute atomic E-state index is 4.19. The molecule has 0 unspecified atom stereocenters. The van der Waals surface area contributed by atoms with Crippen LogP contribution < -0.4 is 0 Å². The molecule has 1 heterocycles. The Balaban J connectivity index is 0.000000720. The Labute approximate surface area is 97.1 Å². The minimum atomic E-state index is 0. The van der Waals surface area contributed by atoms with Gasteiger partial charge in [-0.3, -0.25) is 4.98 Å². The molecule has 0 atom stereocenters. The van der Waals surface area contributed by atoms with E-state index in [4.69, 9.17) is 0 Å². The summed E-state index contributed by atoms with van der Waals surface area (Å²) in [5, 5.41) is 2.42. The molecule has 0 amide bonds. The van der Waals surface area contributed by atoms with E-state index in [-0.39, 0.29) is 32.7 Å². The van der Waals surface area contributed by atoms with Gasteiger partial charge in [0.05, 0.1) is 0 Å². The molecule has 0 aliphatic carbocycles. The third-order valence-corrected chi connectivity index (χ3v) is 1.81. The first-order valence-electron chi connectivity index (χ1n) is 3.59. The number of nitrogens with zero attached hydrogens (tertiary/aromatic N) is 1. The van der Waals surface area contributed by atoms with Gasteiger partial charge in [0.25, 0.3) is 0 Å². The van der Waals surface area contributed by atoms with Gasteiger partial charge in [0.1, 0.15) is 0 Å². The summed E-state index contributed by atoms with van der Waals surface area (Å²) in [4.78, 5) is 4.19. The summed E-state index contributed by atoms with van der Waals surface area (Å²) >= 11 is 0. The van der Waals surface area contributed by atoms with Gasteiger partial charge in [0.15, 0.2) is 0 Å². The number of fused-ring (bicyclic) bond motifs is 1. The van der Waals surface area contributed by atoms with Crippen LogP contribution >= 0.6 is 0 Å². The third-order valence-electron chi connectivity index (χ3n) is 1.81. The molecular formula is C10H8NY-. The van der Waals surface area contributed by atoms with Crippen LogP contribution in [0.25, 0.3) is 10.8 Å². The van der Waals surface area contributed by atoms with E-state index in [0.717, 1.165) is 5.69 Å².